The molecule has 4 heterocycles. The van der Waals surface area contributed by atoms with Crippen molar-refractivity contribution >= 4 is 45.0 Å². The summed E-state index contributed by atoms with van der Waals surface area (Å²) in [4.78, 5) is 26.6. The minimum absolute atomic E-state index is 0.0327. The van der Waals surface area contributed by atoms with E-state index in [1.54, 1.807) is 0 Å². The van der Waals surface area contributed by atoms with E-state index in [4.69, 9.17) is 0 Å². The molecule has 1 unspecified atom stereocenters. The number of nitrogens with one attached hydrogen (secondary N) is 2. The molecule has 0 fully saturated rings. The van der Waals surface area contributed by atoms with Crippen LogP contribution in [0.1, 0.15) is 81.4 Å². The van der Waals surface area contributed by atoms with Gasteiger partial charge in [-0.3, -0.25) is 9.59 Å². The SMILES string of the molecule is Cn1c2c3c4c(cccc41)C(=O)NN=C3CC(c1ccc3c4c1C(=O)NN=C1CC(C)(C)Cc(c41)n3C)C2. The van der Waals surface area contributed by atoms with Gasteiger partial charge in [-0.25, -0.2) is 10.9 Å². The maximum Gasteiger partial charge on any atom is 0.272 e. The Morgan fingerprint density at radius 1 is 0.789 bits per heavy atom. The summed E-state index contributed by atoms with van der Waals surface area (Å²) >= 11 is 0. The van der Waals surface area contributed by atoms with Crippen LogP contribution in [0.2, 0.25) is 0 Å². The van der Waals surface area contributed by atoms with E-state index in [1.807, 2.05) is 12.1 Å². The van der Waals surface area contributed by atoms with Crippen molar-refractivity contribution in [2.24, 2.45) is 29.7 Å². The maximum absolute atomic E-state index is 13.7. The van der Waals surface area contributed by atoms with E-state index in [-0.39, 0.29) is 23.1 Å². The molecule has 0 bridgehead atoms. The molecular formula is C30H28N6O2. The van der Waals surface area contributed by atoms with Crippen molar-refractivity contribution in [3.63, 3.8) is 0 Å². The predicted molar refractivity (Wildman–Crippen MR) is 147 cm³/mol. The van der Waals surface area contributed by atoms with Crippen LogP contribution in [0.3, 0.4) is 0 Å². The summed E-state index contributed by atoms with van der Waals surface area (Å²) in [5.41, 5.74) is 16.6. The van der Waals surface area contributed by atoms with Gasteiger partial charge in [0.25, 0.3) is 11.8 Å². The maximum atomic E-state index is 13.7. The predicted octanol–water partition coefficient (Wildman–Crippen LogP) is 4.27. The first-order valence-electron chi connectivity index (χ1n) is 13.2. The Hall–Kier alpha value is -4.20. The van der Waals surface area contributed by atoms with Gasteiger partial charge in [-0.2, -0.15) is 10.2 Å². The number of aromatic nitrogens is 2. The molecule has 38 heavy (non-hydrogen) atoms. The third-order valence-corrected chi connectivity index (χ3v) is 9.11. The number of benzene rings is 2. The minimum Gasteiger partial charge on any atom is -0.347 e. The zero-order valence-corrected chi connectivity index (χ0v) is 21.9. The number of hydrogen-bond acceptors (Lipinski definition) is 4. The highest BCUT2D eigenvalue weighted by molar-refractivity contribution is 6.23. The van der Waals surface area contributed by atoms with E-state index in [2.05, 4.69) is 76.3 Å². The largest absolute Gasteiger partial charge is 0.347 e. The third-order valence-electron chi connectivity index (χ3n) is 9.11. The molecule has 8 heteroatoms. The highest BCUT2D eigenvalue weighted by atomic mass is 16.2. The Morgan fingerprint density at radius 2 is 1.50 bits per heavy atom. The third kappa shape index (κ3) is 2.64. The van der Waals surface area contributed by atoms with Gasteiger partial charge >= 0.3 is 0 Å². The molecule has 8 rings (SSSR count). The van der Waals surface area contributed by atoms with Crippen LogP contribution in [-0.2, 0) is 26.9 Å². The molecule has 0 spiro atoms. The molecule has 8 nitrogen and oxygen atoms in total. The average molecular weight is 505 g/mol. The standard InChI is InChI=1S/C30H28N6O2/c1-30(2)12-18-26-22(13-30)36(4)20-9-8-15(24(27(20)26)29(38)34-32-18)14-10-17-25-21(11-14)35(3)19-7-5-6-16(23(19)25)28(37)33-31-17/h5-9,14H,10-13H2,1-4H3,(H,33,37)(H,34,38). The molecule has 2 aromatic heterocycles. The van der Waals surface area contributed by atoms with Crippen LogP contribution in [0.4, 0.5) is 0 Å². The second-order valence-electron chi connectivity index (χ2n) is 12.0. The fourth-order valence-corrected chi connectivity index (χ4v) is 7.45. The monoisotopic (exact) mass is 504 g/mol. The smallest absolute Gasteiger partial charge is 0.272 e. The van der Waals surface area contributed by atoms with Gasteiger partial charge in [0.2, 0.25) is 0 Å². The van der Waals surface area contributed by atoms with Gasteiger partial charge < -0.3 is 9.13 Å². The molecule has 2 aliphatic carbocycles. The first kappa shape index (κ1) is 21.8. The zero-order chi connectivity index (χ0) is 26.1. The van der Waals surface area contributed by atoms with Crippen LogP contribution in [0, 0.1) is 5.41 Å². The summed E-state index contributed by atoms with van der Waals surface area (Å²) < 4.78 is 4.45. The van der Waals surface area contributed by atoms with Gasteiger partial charge in [0.05, 0.1) is 22.6 Å². The Bertz CT molecular complexity index is 1860. The highest BCUT2D eigenvalue weighted by Crippen LogP contribution is 2.46. The van der Waals surface area contributed by atoms with Crippen molar-refractivity contribution in [2.45, 2.75) is 45.4 Å². The van der Waals surface area contributed by atoms with Crippen molar-refractivity contribution in [3.8, 4) is 0 Å². The highest BCUT2D eigenvalue weighted by Gasteiger charge is 2.40. The zero-order valence-electron chi connectivity index (χ0n) is 21.9. The lowest BCUT2D eigenvalue weighted by Crippen LogP contribution is -2.29. The van der Waals surface area contributed by atoms with Crippen LogP contribution in [0.5, 0.6) is 0 Å². The first-order chi connectivity index (χ1) is 18.2. The van der Waals surface area contributed by atoms with Gasteiger partial charge in [-0.05, 0) is 60.8 Å². The van der Waals surface area contributed by atoms with Crippen LogP contribution in [-0.4, -0.2) is 32.4 Å². The normalized spacial score (nSPS) is 21.0. The van der Waals surface area contributed by atoms with Crippen molar-refractivity contribution in [3.05, 3.63) is 69.5 Å². The lowest BCUT2D eigenvalue weighted by Gasteiger charge is -2.31. The fourth-order valence-electron chi connectivity index (χ4n) is 7.45. The molecule has 0 radical (unpaired) electrons. The molecule has 2 N–H and O–H groups in total. The van der Waals surface area contributed by atoms with Crippen molar-refractivity contribution in [1.29, 1.82) is 0 Å². The van der Waals surface area contributed by atoms with Gasteiger partial charge in [0.1, 0.15) is 0 Å². The Balaban J connectivity index is 1.37. The molecule has 0 saturated carbocycles. The molecule has 0 saturated heterocycles. The molecule has 2 amide bonds. The fraction of sp³-hybridized carbons (Fsp3) is 0.333. The van der Waals surface area contributed by atoms with E-state index >= 15 is 0 Å². The lowest BCUT2D eigenvalue weighted by molar-refractivity contribution is 0.0948. The molecule has 4 aromatic rings. The molecule has 1 atom stereocenters. The molecular weight excluding hydrogens is 476 g/mol. The van der Waals surface area contributed by atoms with Crippen LogP contribution in [0.25, 0.3) is 21.8 Å². The average Bonchev–Trinajstić information content (AvgIpc) is 3.22. The number of hydrazone groups is 2. The number of aryl methyl sites for hydroxylation is 2. The first-order valence-corrected chi connectivity index (χ1v) is 13.2. The van der Waals surface area contributed by atoms with E-state index < -0.39 is 0 Å². The van der Waals surface area contributed by atoms with Crippen molar-refractivity contribution in [2.75, 3.05) is 0 Å². The quantitative estimate of drug-likeness (QED) is 0.405. The summed E-state index contributed by atoms with van der Waals surface area (Å²) in [5.74, 6) is -0.302. The number of amides is 2. The van der Waals surface area contributed by atoms with Gasteiger partial charge in [0, 0.05) is 58.4 Å². The molecule has 2 aliphatic heterocycles. The summed E-state index contributed by atoms with van der Waals surface area (Å²) in [5, 5.41) is 11.2. The van der Waals surface area contributed by atoms with Crippen molar-refractivity contribution in [1.82, 2.24) is 20.0 Å². The van der Waals surface area contributed by atoms with Crippen LogP contribution in [0.15, 0.2) is 40.5 Å². The van der Waals surface area contributed by atoms with Crippen molar-refractivity contribution < 1.29 is 9.59 Å². The second kappa shape index (κ2) is 7.01. The Kier molecular flexibility index (Phi) is 4.03. The number of nitrogens with zero attached hydrogens (tertiary/aromatic N) is 4. The van der Waals surface area contributed by atoms with E-state index in [9.17, 15) is 9.59 Å². The molecule has 190 valence electrons. The summed E-state index contributed by atoms with van der Waals surface area (Å²) in [6.45, 7) is 4.52. The number of carbonyl (C=O) groups excluding carboxylic acids is 2. The summed E-state index contributed by atoms with van der Waals surface area (Å²) in [6.07, 6.45) is 3.17. The molecule has 4 aliphatic rings. The second-order valence-corrected chi connectivity index (χ2v) is 12.0. The Morgan fingerprint density at radius 3 is 2.34 bits per heavy atom. The minimum atomic E-state index is -0.182. The summed E-state index contributed by atoms with van der Waals surface area (Å²) in [7, 11) is 4.16. The topological polar surface area (TPSA) is 92.8 Å². The van der Waals surface area contributed by atoms with Gasteiger partial charge in [0.15, 0.2) is 0 Å². The number of rotatable bonds is 1. The van der Waals surface area contributed by atoms with Gasteiger partial charge in [-0.15, -0.1) is 0 Å². The van der Waals surface area contributed by atoms with E-state index in [0.29, 0.717) is 12.0 Å². The Labute approximate surface area is 219 Å². The number of carbonyl (C=O) groups is 2. The van der Waals surface area contributed by atoms with E-state index in [0.717, 1.165) is 80.4 Å². The summed E-state index contributed by atoms with van der Waals surface area (Å²) in [6, 6.07) is 10.1. The number of hydrogen-bond donors (Lipinski definition) is 2. The molecule has 2 aromatic carbocycles. The van der Waals surface area contributed by atoms with Crippen LogP contribution >= 0.6 is 0 Å². The lowest BCUT2D eigenvalue weighted by atomic mass is 9.74. The van der Waals surface area contributed by atoms with Crippen LogP contribution < -0.4 is 10.9 Å². The van der Waals surface area contributed by atoms with Gasteiger partial charge in [-0.1, -0.05) is 26.0 Å². The van der Waals surface area contributed by atoms with E-state index in [1.165, 1.54) is 5.69 Å².